The average Bonchev–Trinajstić information content (AvgIpc) is 3.48. The van der Waals surface area contributed by atoms with Gasteiger partial charge in [-0.25, -0.2) is 4.98 Å². The van der Waals surface area contributed by atoms with E-state index >= 15 is 0 Å². The molecule has 4 amide bonds. The number of benzene rings is 1. The average molecular weight is 530 g/mol. The molecule has 2 heterocycles. The first-order valence-electron chi connectivity index (χ1n) is 12.2. The summed E-state index contributed by atoms with van der Waals surface area (Å²) >= 11 is 1.29. The van der Waals surface area contributed by atoms with Crippen LogP contribution in [0.3, 0.4) is 0 Å². The summed E-state index contributed by atoms with van der Waals surface area (Å²) < 4.78 is 0. The highest BCUT2D eigenvalue weighted by atomic mass is 32.1. The molecule has 0 saturated carbocycles. The zero-order chi connectivity index (χ0) is 27.5. The van der Waals surface area contributed by atoms with Crippen molar-refractivity contribution >= 4 is 35.0 Å². The molecular weight excluding hydrogens is 494 g/mol. The summed E-state index contributed by atoms with van der Waals surface area (Å²) in [5.74, 6) is -1.33. The fourth-order valence-electron chi connectivity index (χ4n) is 4.27. The number of amides is 4. The van der Waals surface area contributed by atoms with E-state index < -0.39 is 29.5 Å². The highest BCUT2D eigenvalue weighted by molar-refractivity contribution is 7.16. The van der Waals surface area contributed by atoms with E-state index in [1.54, 1.807) is 13.2 Å². The first-order chi connectivity index (χ1) is 17.3. The minimum Gasteiger partial charge on any atom is -0.391 e. The van der Waals surface area contributed by atoms with Crippen molar-refractivity contribution in [2.75, 3.05) is 13.6 Å². The van der Waals surface area contributed by atoms with Gasteiger partial charge in [0.05, 0.1) is 17.0 Å². The van der Waals surface area contributed by atoms with Gasteiger partial charge in [0.15, 0.2) is 5.01 Å². The van der Waals surface area contributed by atoms with Crippen molar-refractivity contribution in [3.63, 3.8) is 0 Å². The molecule has 1 saturated heterocycles. The first kappa shape index (κ1) is 28.3. The molecule has 1 aliphatic heterocycles. The number of β-amino-alcohol motifs (C(OH)–C–C–N with tert-alkyl or cyclic N) is 1. The summed E-state index contributed by atoms with van der Waals surface area (Å²) in [5.41, 5.74) is 1.18. The SMILES string of the molecule is CNC(=O)c1ncc(-c2ccc([C@H](C)NC(=O)[C@@H]3C[C@@H](O)CN3C(=O)[C@@H](NC(C)=O)C(C)(C)C)cc2)s1. The zero-order valence-electron chi connectivity index (χ0n) is 22.0. The Morgan fingerprint density at radius 2 is 1.78 bits per heavy atom. The zero-order valence-corrected chi connectivity index (χ0v) is 22.8. The number of rotatable bonds is 7. The van der Waals surface area contributed by atoms with Gasteiger partial charge in [-0.05, 0) is 23.5 Å². The van der Waals surface area contributed by atoms with Gasteiger partial charge in [0.1, 0.15) is 12.1 Å². The van der Waals surface area contributed by atoms with Gasteiger partial charge in [-0.1, -0.05) is 45.0 Å². The molecule has 0 unspecified atom stereocenters. The predicted molar refractivity (Wildman–Crippen MR) is 141 cm³/mol. The number of nitrogens with zero attached hydrogens (tertiary/aromatic N) is 2. The topological polar surface area (TPSA) is 141 Å². The molecule has 0 aliphatic carbocycles. The Kier molecular flexibility index (Phi) is 8.70. The van der Waals surface area contributed by atoms with Crippen LogP contribution < -0.4 is 16.0 Å². The Morgan fingerprint density at radius 3 is 2.35 bits per heavy atom. The van der Waals surface area contributed by atoms with E-state index in [1.165, 1.54) is 23.2 Å². The van der Waals surface area contributed by atoms with Gasteiger partial charge in [0.25, 0.3) is 5.91 Å². The Balaban J connectivity index is 1.71. The molecule has 3 rings (SSSR count). The molecule has 2 aromatic rings. The van der Waals surface area contributed by atoms with Gasteiger partial charge < -0.3 is 26.0 Å². The number of aliphatic hydroxyl groups excluding tert-OH is 1. The van der Waals surface area contributed by atoms with Gasteiger partial charge in [-0.2, -0.15) is 0 Å². The number of aliphatic hydroxyl groups is 1. The third kappa shape index (κ3) is 6.72. The van der Waals surface area contributed by atoms with Crippen molar-refractivity contribution in [1.29, 1.82) is 0 Å². The van der Waals surface area contributed by atoms with Crippen molar-refractivity contribution in [2.24, 2.45) is 5.41 Å². The maximum atomic E-state index is 13.4. The van der Waals surface area contributed by atoms with Gasteiger partial charge in [0.2, 0.25) is 17.7 Å². The van der Waals surface area contributed by atoms with Crippen molar-refractivity contribution in [3.8, 4) is 10.4 Å². The number of thiazole rings is 1. The standard InChI is InChI=1S/C26H35N5O5S/c1-14(16-7-9-17(10-8-16)20-12-28-24(37-20)23(35)27-6)29-22(34)19-11-18(33)13-31(19)25(36)21(26(3,4)5)30-15(2)32/h7-10,12,14,18-19,21,33H,11,13H2,1-6H3,(H,27,35)(H,29,34)(H,30,32)/t14-,18+,19-,21+/m0/s1. The lowest BCUT2D eigenvalue weighted by molar-refractivity contribution is -0.144. The minimum absolute atomic E-state index is 0.0268. The molecule has 37 heavy (non-hydrogen) atoms. The van der Waals surface area contributed by atoms with Crippen molar-refractivity contribution in [3.05, 3.63) is 41.0 Å². The first-order valence-corrected chi connectivity index (χ1v) is 13.0. The Bertz CT molecular complexity index is 1160. The molecule has 1 aromatic carbocycles. The van der Waals surface area contributed by atoms with E-state index in [0.29, 0.717) is 5.01 Å². The quantitative estimate of drug-likeness (QED) is 0.432. The molecule has 11 heteroatoms. The predicted octanol–water partition coefficient (Wildman–Crippen LogP) is 1.86. The van der Waals surface area contributed by atoms with Gasteiger partial charge in [-0.3, -0.25) is 19.2 Å². The lowest BCUT2D eigenvalue weighted by Crippen LogP contribution is -2.57. The highest BCUT2D eigenvalue weighted by Gasteiger charge is 2.44. The summed E-state index contributed by atoms with van der Waals surface area (Å²) in [6, 6.07) is 5.55. The summed E-state index contributed by atoms with van der Waals surface area (Å²) in [4.78, 5) is 56.5. The Hall–Kier alpha value is -3.31. The number of nitrogens with one attached hydrogen (secondary N) is 3. The van der Waals surface area contributed by atoms with E-state index in [0.717, 1.165) is 16.0 Å². The second-order valence-corrected chi connectivity index (χ2v) is 11.4. The summed E-state index contributed by atoms with van der Waals surface area (Å²) in [6.07, 6.45) is 0.948. The van der Waals surface area contributed by atoms with Crippen LogP contribution in [0.25, 0.3) is 10.4 Å². The van der Waals surface area contributed by atoms with Gasteiger partial charge in [0, 0.05) is 33.1 Å². The third-order valence-electron chi connectivity index (χ3n) is 6.31. The van der Waals surface area contributed by atoms with Crippen LogP contribution in [0.1, 0.15) is 62.4 Å². The summed E-state index contributed by atoms with van der Waals surface area (Å²) in [5, 5.41) is 18.9. The van der Waals surface area contributed by atoms with Crippen LogP contribution in [0.4, 0.5) is 0 Å². The number of hydrogen-bond donors (Lipinski definition) is 4. The van der Waals surface area contributed by atoms with Crippen molar-refractivity contribution in [2.45, 2.75) is 65.3 Å². The maximum absolute atomic E-state index is 13.4. The molecule has 10 nitrogen and oxygen atoms in total. The van der Waals surface area contributed by atoms with Crippen molar-refractivity contribution in [1.82, 2.24) is 25.8 Å². The molecule has 1 aliphatic rings. The highest BCUT2D eigenvalue weighted by Crippen LogP contribution is 2.29. The van der Waals surface area contributed by atoms with Crippen LogP contribution in [0.5, 0.6) is 0 Å². The fourth-order valence-corrected chi connectivity index (χ4v) is 5.14. The van der Waals surface area contributed by atoms with Gasteiger partial charge in [-0.15, -0.1) is 11.3 Å². The number of carbonyl (C=O) groups excluding carboxylic acids is 4. The molecule has 0 bridgehead atoms. The Labute approximate surface area is 220 Å². The molecule has 0 spiro atoms. The van der Waals surface area contributed by atoms with Crippen LogP contribution in [0.2, 0.25) is 0 Å². The molecule has 200 valence electrons. The van der Waals surface area contributed by atoms with Gasteiger partial charge >= 0.3 is 0 Å². The fraction of sp³-hybridized carbons (Fsp3) is 0.500. The van der Waals surface area contributed by atoms with E-state index in [9.17, 15) is 24.3 Å². The Morgan fingerprint density at radius 1 is 1.14 bits per heavy atom. The monoisotopic (exact) mass is 529 g/mol. The van der Waals surface area contributed by atoms with E-state index in [-0.39, 0.29) is 36.7 Å². The molecule has 1 fully saturated rings. The van der Waals surface area contributed by atoms with E-state index in [1.807, 2.05) is 52.0 Å². The van der Waals surface area contributed by atoms with Crippen LogP contribution in [0, 0.1) is 5.41 Å². The van der Waals surface area contributed by atoms with Crippen LogP contribution in [0.15, 0.2) is 30.5 Å². The lowest BCUT2D eigenvalue weighted by Gasteiger charge is -2.35. The van der Waals surface area contributed by atoms with E-state index in [2.05, 4.69) is 20.9 Å². The number of carbonyl (C=O) groups is 4. The molecule has 4 atom stereocenters. The van der Waals surface area contributed by atoms with E-state index in [4.69, 9.17) is 0 Å². The number of aromatic nitrogens is 1. The minimum atomic E-state index is -0.844. The summed E-state index contributed by atoms with van der Waals surface area (Å²) in [7, 11) is 1.56. The van der Waals surface area contributed by atoms with Crippen LogP contribution >= 0.6 is 11.3 Å². The largest absolute Gasteiger partial charge is 0.391 e. The number of hydrogen-bond acceptors (Lipinski definition) is 7. The second kappa shape index (κ2) is 11.4. The van der Waals surface area contributed by atoms with Crippen LogP contribution in [-0.2, 0) is 14.4 Å². The third-order valence-corrected chi connectivity index (χ3v) is 7.35. The summed E-state index contributed by atoms with van der Waals surface area (Å²) in [6.45, 7) is 8.73. The van der Waals surface area contributed by atoms with Crippen LogP contribution in [-0.4, -0.2) is 70.4 Å². The second-order valence-electron chi connectivity index (χ2n) is 10.4. The smallest absolute Gasteiger partial charge is 0.280 e. The molecular formula is C26H35N5O5S. The molecule has 0 radical (unpaired) electrons. The molecule has 1 aromatic heterocycles. The number of likely N-dealkylation sites (tertiary alicyclic amines) is 1. The lowest BCUT2D eigenvalue weighted by atomic mass is 9.85. The normalized spacial score (nSPS) is 19.2. The molecule has 4 N–H and O–H groups in total. The maximum Gasteiger partial charge on any atom is 0.280 e. The van der Waals surface area contributed by atoms with Crippen molar-refractivity contribution < 1.29 is 24.3 Å².